The smallest absolute Gasteiger partial charge is 0.169 e. The van der Waals surface area contributed by atoms with Gasteiger partial charge in [-0.25, -0.2) is 14.1 Å². The molecule has 4 rings (SSSR count). The van der Waals surface area contributed by atoms with Crippen LogP contribution in [0.1, 0.15) is 30.4 Å². The van der Waals surface area contributed by atoms with Gasteiger partial charge in [0.15, 0.2) is 5.84 Å². The Morgan fingerprint density at radius 3 is 2.96 bits per heavy atom. The average Bonchev–Trinajstić information content (AvgIpc) is 3.13. The number of aliphatic imine (C=N–C) groups is 2. The van der Waals surface area contributed by atoms with Gasteiger partial charge in [-0.3, -0.25) is 4.99 Å². The number of aryl methyl sites for hydroxylation is 1. The van der Waals surface area contributed by atoms with Crippen molar-refractivity contribution in [3.05, 3.63) is 29.5 Å². The predicted molar refractivity (Wildman–Crippen MR) is 90.4 cm³/mol. The summed E-state index contributed by atoms with van der Waals surface area (Å²) in [7, 11) is 0. The molecular formula is C17H20FN5. The van der Waals surface area contributed by atoms with Gasteiger partial charge in [0, 0.05) is 17.8 Å². The lowest BCUT2D eigenvalue weighted by Gasteiger charge is -2.28. The quantitative estimate of drug-likeness (QED) is 0.879. The highest BCUT2D eigenvalue weighted by atomic mass is 19.1. The van der Waals surface area contributed by atoms with Gasteiger partial charge in [0.1, 0.15) is 12.3 Å². The van der Waals surface area contributed by atoms with E-state index < -0.39 is 6.17 Å². The van der Waals surface area contributed by atoms with E-state index in [9.17, 15) is 4.39 Å². The Bertz CT molecular complexity index is 807. The number of alkyl halides is 1. The summed E-state index contributed by atoms with van der Waals surface area (Å²) in [6.07, 6.45) is 3.50. The molecule has 0 spiro atoms. The predicted octanol–water partition coefficient (Wildman–Crippen LogP) is 2.44. The summed E-state index contributed by atoms with van der Waals surface area (Å²) in [6, 6.07) is 4.18. The first-order chi connectivity index (χ1) is 11.1. The largest absolute Gasteiger partial charge is 0.314 e. The van der Waals surface area contributed by atoms with Gasteiger partial charge in [-0.2, -0.15) is 5.10 Å². The minimum Gasteiger partial charge on any atom is -0.314 e. The first-order valence-electron chi connectivity index (χ1n) is 8.08. The standard InChI is InChI=1S/C17H20FN5/c1-10-5-12-7-21-23(17-9-20-11(2)22-17)16(12)6-14(10)13-3-4-19-8-15(13)18/h5-7,9,11,13,15,19H,3-4,8H2,1-2H3/t11?,13?,15-/m1/s1. The number of piperidine rings is 1. The second-order valence-corrected chi connectivity index (χ2v) is 6.34. The van der Waals surface area contributed by atoms with Gasteiger partial charge >= 0.3 is 0 Å². The molecule has 0 aliphatic carbocycles. The maximum atomic E-state index is 14.4. The second-order valence-electron chi connectivity index (χ2n) is 6.34. The molecule has 6 heteroatoms. The molecule has 23 heavy (non-hydrogen) atoms. The van der Waals surface area contributed by atoms with Gasteiger partial charge in [-0.1, -0.05) is 0 Å². The van der Waals surface area contributed by atoms with Crippen LogP contribution < -0.4 is 5.32 Å². The van der Waals surface area contributed by atoms with Gasteiger partial charge in [0.05, 0.1) is 17.9 Å². The maximum absolute atomic E-state index is 14.4. The number of rotatable bonds is 1. The van der Waals surface area contributed by atoms with Crippen molar-refractivity contribution in [3.8, 4) is 0 Å². The molecule has 2 unspecified atom stereocenters. The molecule has 2 aromatic rings. The topological polar surface area (TPSA) is 54.6 Å². The molecule has 3 heterocycles. The van der Waals surface area contributed by atoms with Crippen molar-refractivity contribution in [2.45, 2.75) is 38.5 Å². The van der Waals surface area contributed by atoms with E-state index in [4.69, 9.17) is 0 Å². The zero-order valence-corrected chi connectivity index (χ0v) is 13.3. The van der Waals surface area contributed by atoms with Gasteiger partial charge in [-0.05, 0) is 50.1 Å². The zero-order valence-electron chi connectivity index (χ0n) is 13.3. The summed E-state index contributed by atoms with van der Waals surface area (Å²) in [5.41, 5.74) is 3.18. The minimum absolute atomic E-state index is 0.0536. The van der Waals surface area contributed by atoms with Crippen molar-refractivity contribution in [2.75, 3.05) is 13.1 Å². The van der Waals surface area contributed by atoms with E-state index in [0.29, 0.717) is 6.54 Å². The van der Waals surface area contributed by atoms with Crippen LogP contribution in [0, 0.1) is 6.92 Å². The first kappa shape index (κ1) is 14.5. The maximum Gasteiger partial charge on any atom is 0.169 e. The van der Waals surface area contributed by atoms with Gasteiger partial charge in [0.25, 0.3) is 0 Å². The zero-order chi connectivity index (χ0) is 16.0. The van der Waals surface area contributed by atoms with E-state index >= 15 is 0 Å². The molecule has 2 aliphatic rings. The third kappa shape index (κ3) is 2.47. The van der Waals surface area contributed by atoms with Crippen LogP contribution in [0.25, 0.3) is 10.9 Å². The Kier molecular flexibility index (Phi) is 3.49. The van der Waals surface area contributed by atoms with Crippen LogP contribution in [0.4, 0.5) is 4.39 Å². The summed E-state index contributed by atoms with van der Waals surface area (Å²) < 4.78 is 16.2. The van der Waals surface area contributed by atoms with Crippen LogP contribution in [0.15, 0.2) is 28.3 Å². The molecule has 2 aliphatic heterocycles. The number of benzene rings is 1. The monoisotopic (exact) mass is 313 g/mol. The number of halogens is 1. The van der Waals surface area contributed by atoms with Crippen molar-refractivity contribution >= 4 is 23.0 Å². The van der Waals surface area contributed by atoms with E-state index in [1.807, 2.05) is 13.1 Å². The molecule has 0 amide bonds. The van der Waals surface area contributed by atoms with E-state index in [-0.39, 0.29) is 12.1 Å². The molecule has 1 aromatic heterocycles. The number of hydrogen-bond donors (Lipinski definition) is 1. The Morgan fingerprint density at radius 1 is 1.35 bits per heavy atom. The van der Waals surface area contributed by atoms with Crippen LogP contribution in [0.5, 0.6) is 0 Å². The van der Waals surface area contributed by atoms with Gasteiger partial charge in [0.2, 0.25) is 0 Å². The number of nitrogens with one attached hydrogen (secondary N) is 1. The molecule has 0 bridgehead atoms. The van der Waals surface area contributed by atoms with Crippen molar-refractivity contribution in [2.24, 2.45) is 9.98 Å². The molecule has 1 N–H and O–H groups in total. The highest BCUT2D eigenvalue weighted by Gasteiger charge is 2.28. The third-order valence-corrected chi connectivity index (χ3v) is 4.71. The van der Waals surface area contributed by atoms with Crippen molar-refractivity contribution in [1.82, 2.24) is 15.1 Å². The Hall–Kier alpha value is -2.08. The van der Waals surface area contributed by atoms with E-state index in [1.54, 1.807) is 10.9 Å². The van der Waals surface area contributed by atoms with E-state index in [1.165, 1.54) is 0 Å². The number of aromatic nitrogens is 2. The SMILES string of the molecule is Cc1cc2cnn(C3=NC(C)N=C3)c2cc1C1CCNC[C@H]1F. The van der Waals surface area contributed by atoms with Crippen LogP contribution in [-0.4, -0.2) is 47.3 Å². The summed E-state index contributed by atoms with van der Waals surface area (Å²) in [6.45, 7) is 5.28. The summed E-state index contributed by atoms with van der Waals surface area (Å²) in [5, 5.41) is 8.61. The Morgan fingerprint density at radius 2 is 2.22 bits per heavy atom. The lowest BCUT2D eigenvalue weighted by Crippen LogP contribution is -2.37. The lowest BCUT2D eigenvalue weighted by atomic mass is 9.85. The summed E-state index contributed by atoms with van der Waals surface area (Å²) >= 11 is 0. The second kappa shape index (κ2) is 5.53. The van der Waals surface area contributed by atoms with Crippen molar-refractivity contribution in [3.63, 3.8) is 0 Å². The molecule has 0 saturated carbocycles. The first-order valence-corrected chi connectivity index (χ1v) is 8.08. The average molecular weight is 313 g/mol. The fourth-order valence-electron chi connectivity index (χ4n) is 3.50. The highest BCUT2D eigenvalue weighted by molar-refractivity contribution is 6.32. The molecule has 3 atom stereocenters. The molecule has 1 saturated heterocycles. The molecule has 5 nitrogen and oxygen atoms in total. The molecule has 0 radical (unpaired) electrons. The summed E-state index contributed by atoms with van der Waals surface area (Å²) in [4.78, 5) is 8.74. The Labute approximate surface area is 134 Å². The lowest BCUT2D eigenvalue weighted by molar-refractivity contribution is 0.231. The fraction of sp³-hybridized carbons (Fsp3) is 0.471. The fourth-order valence-corrected chi connectivity index (χ4v) is 3.50. The number of hydrogen-bond acceptors (Lipinski definition) is 4. The van der Waals surface area contributed by atoms with Crippen LogP contribution in [0.2, 0.25) is 0 Å². The van der Waals surface area contributed by atoms with Crippen molar-refractivity contribution in [1.29, 1.82) is 0 Å². The molecule has 1 fully saturated rings. The number of nitrogens with zero attached hydrogens (tertiary/aromatic N) is 4. The molecule has 1 aromatic carbocycles. The van der Waals surface area contributed by atoms with Crippen LogP contribution >= 0.6 is 0 Å². The molecular weight excluding hydrogens is 293 g/mol. The van der Waals surface area contributed by atoms with Gasteiger partial charge < -0.3 is 5.32 Å². The third-order valence-electron chi connectivity index (χ3n) is 4.71. The summed E-state index contributed by atoms with van der Waals surface area (Å²) in [5.74, 6) is 0.687. The number of fused-ring (bicyclic) bond motifs is 1. The normalized spacial score (nSPS) is 27.6. The Balaban J connectivity index is 1.82. The van der Waals surface area contributed by atoms with Crippen molar-refractivity contribution < 1.29 is 4.39 Å². The highest BCUT2D eigenvalue weighted by Crippen LogP contribution is 2.32. The van der Waals surface area contributed by atoms with Gasteiger partial charge in [-0.15, -0.1) is 0 Å². The molecule has 120 valence electrons. The van der Waals surface area contributed by atoms with E-state index in [2.05, 4.69) is 39.5 Å². The van der Waals surface area contributed by atoms with Crippen LogP contribution in [-0.2, 0) is 0 Å². The van der Waals surface area contributed by atoms with Crippen LogP contribution in [0.3, 0.4) is 0 Å². The minimum atomic E-state index is -0.846. The van der Waals surface area contributed by atoms with E-state index in [0.717, 1.165) is 40.8 Å².